The summed E-state index contributed by atoms with van der Waals surface area (Å²) in [6, 6.07) is 8.42. The first-order valence-corrected chi connectivity index (χ1v) is 10.6. The standard InChI is InChI=1S/C27H18O8/c1-11-4-5-14-21(6-11)34-10-18(25(14)32)24-15(12(2)28)7-17-26(33)16-8-19(30)20(31)9-22(16)35-27(17)23(24)13(3)29/h4-10,30-31H,1-3H3. The van der Waals surface area contributed by atoms with E-state index in [1.165, 1.54) is 26.2 Å². The lowest BCUT2D eigenvalue weighted by Crippen LogP contribution is -2.14. The van der Waals surface area contributed by atoms with Gasteiger partial charge in [-0.3, -0.25) is 19.2 Å². The highest BCUT2D eigenvalue weighted by molar-refractivity contribution is 6.17. The van der Waals surface area contributed by atoms with E-state index in [4.69, 9.17) is 8.83 Å². The van der Waals surface area contributed by atoms with Gasteiger partial charge >= 0.3 is 0 Å². The predicted molar refractivity (Wildman–Crippen MR) is 130 cm³/mol. The van der Waals surface area contributed by atoms with Gasteiger partial charge < -0.3 is 19.0 Å². The van der Waals surface area contributed by atoms with Crippen molar-refractivity contribution in [1.82, 2.24) is 0 Å². The van der Waals surface area contributed by atoms with Gasteiger partial charge in [-0.15, -0.1) is 0 Å². The van der Waals surface area contributed by atoms with Gasteiger partial charge in [-0.1, -0.05) is 6.07 Å². The molecular formula is C27H18O8. The summed E-state index contributed by atoms with van der Waals surface area (Å²) in [7, 11) is 0. The van der Waals surface area contributed by atoms with Gasteiger partial charge in [0.05, 0.1) is 27.3 Å². The van der Waals surface area contributed by atoms with E-state index in [0.29, 0.717) is 5.58 Å². The largest absolute Gasteiger partial charge is 0.504 e. The first-order chi connectivity index (χ1) is 16.6. The number of benzene rings is 3. The molecule has 2 heterocycles. The highest BCUT2D eigenvalue weighted by Crippen LogP contribution is 2.36. The van der Waals surface area contributed by atoms with E-state index in [-0.39, 0.29) is 49.6 Å². The highest BCUT2D eigenvalue weighted by Gasteiger charge is 2.27. The van der Waals surface area contributed by atoms with E-state index < -0.39 is 33.9 Å². The van der Waals surface area contributed by atoms with Crippen LogP contribution in [0, 0.1) is 6.92 Å². The van der Waals surface area contributed by atoms with Gasteiger partial charge in [-0.25, -0.2) is 0 Å². The zero-order valence-corrected chi connectivity index (χ0v) is 18.9. The van der Waals surface area contributed by atoms with Crippen LogP contribution in [0.15, 0.2) is 61.1 Å². The van der Waals surface area contributed by atoms with E-state index in [1.54, 1.807) is 18.2 Å². The van der Waals surface area contributed by atoms with Crippen LogP contribution < -0.4 is 10.9 Å². The number of phenolic OH excluding ortho intramolecular Hbond substituents is 2. The van der Waals surface area contributed by atoms with Crippen molar-refractivity contribution in [2.24, 2.45) is 0 Å². The van der Waals surface area contributed by atoms with Crippen LogP contribution in [0.3, 0.4) is 0 Å². The molecule has 2 N–H and O–H groups in total. The van der Waals surface area contributed by atoms with Crippen LogP contribution in [0.1, 0.15) is 40.1 Å². The molecule has 0 aliphatic heterocycles. The molecule has 5 rings (SSSR count). The monoisotopic (exact) mass is 470 g/mol. The molecule has 3 aromatic carbocycles. The molecule has 0 bridgehead atoms. The third-order valence-corrected chi connectivity index (χ3v) is 5.99. The Balaban J connectivity index is 2.01. The smallest absolute Gasteiger partial charge is 0.200 e. The normalized spacial score (nSPS) is 11.4. The average molecular weight is 470 g/mol. The number of rotatable bonds is 3. The molecule has 0 aliphatic carbocycles. The maximum atomic E-state index is 13.5. The van der Waals surface area contributed by atoms with Crippen LogP contribution in [-0.4, -0.2) is 21.8 Å². The van der Waals surface area contributed by atoms with E-state index >= 15 is 0 Å². The second-order valence-electron chi connectivity index (χ2n) is 8.41. The number of carbonyl (C=O) groups excluding carboxylic acids is 2. The minimum absolute atomic E-state index is 0.000717. The molecular weight excluding hydrogens is 452 g/mol. The molecule has 8 nitrogen and oxygen atoms in total. The second kappa shape index (κ2) is 7.66. The number of phenols is 2. The van der Waals surface area contributed by atoms with Crippen molar-refractivity contribution in [3.8, 4) is 22.6 Å². The Bertz CT molecular complexity index is 1870. The Labute approximate surface area is 196 Å². The molecule has 0 spiro atoms. The summed E-state index contributed by atoms with van der Waals surface area (Å²) in [6.07, 6.45) is 1.19. The van der Waals surface area contributed by atoms with Gasteiger partial charge in [0.1, 0.15) is 23.0 Å². The average Bonchev–Trinajstić information content (AvgIpc) is 2.79. The summed E-state index contributed by atoms with van der Waals surface area (Å²) in [5.74, 6) is -2.08. The summed E-state index contributed by atoms with van der Waals surface area (Å²) >= 11 is 0. The van der Waals surface area contributed by atoms with Crippen molar-refractivity contribution in [2.75, 3.05) is 0 Å². The highest BCUT2D eigenvalue weighted by atomic mass is 16.3. The Morgan fingerprint density at radius 1 is 0.800 bits per heavy atom. The van der Waals surface area contributed by atoms with Gasteiger partial charge in [-0.2, -0.15) is 0 Å². The van der Waals surface area contributed by atoms with Crippen LogP contribution in [0.5, 0.6) is 11.5 Å². The van der Waals surface area contributed by atoms with Gasteiger partial charge in [0, 0.05) is 17.2 Å². The van der Waals surface area contributed by atoms with Crippen LogP contribution in [0.25, 0.3) is 44.0 Å². The van der Waals surface area contributed by atoms with Crippen molar-refractivity contribution in [2.45, 2.75) is 20.8 Å². The number of carbonyl (C=O) groups is 2. The van der Waals surface area contributed by atoms with Crippen LogP contribution in [-0.2, 0) is 0 Å². The number of hydrogen-bond acceptors (Lipinski definition) is 8. The molecule has 0 aliphatic rings. The summed E-state index contributed by atoms with van der Waals surface area (Å²) in [5.41, 5.74) is -0.276. The van der Waals surface area contributed by atoms with E-state index in [9.17, 15) is 29.4 Å². The molecule has 0 atom stereocenters. The van der Waals surface area contributed by atoms with E-state index in [2.05, 4.69) is 0 Å². The third kappa shape index (κ3) is 3.30. The SMILES string of the molecule is CC(=O)c1cc2c(=O)c3cc(O)c(O)cc3oc2c(C(C)=O)c1-c1coc2cc(C)ccc2c1=O. The summed E-state index contributed by atoms with van der Waals surface area (Å²) < 4.78 is 11.5. The van der Waals surface area contributed by atoms with E-state index in [0.717, 1.165) is 17.7 Å². The Hall–Kier alpha value is -4.72. The number of aryl methyl sites for hydroxylation is 1. The number of Topliss-reactive ketones (excluding diaryl/α,β-unsaturated/α-hetero) is 2. The van der Waals surface area contributed by atoms with Crippen LogP contribution >= 0.6 is 0 Å². The number of ketones is 2. The second-order valence-corrected chi connectivity index (χ2v) is 8.41. The fourth-order valence-corrected chi connectivity index (χ4v) is 4.32. The molecule has 35 heavy (non-hydrogen) atoms. The minimum Gasteiger partial charge on any atom is -0.504 e. The molecule has 0 saturated heterocycles. The fraction of sp³-hybridized carbons (Fsp3) is 0.111. The van der Waals surface area contributed by atoms with Gasteiger partial charge in [0.25, 0.3) is 0 Å². The van der Waals surface area contributed by atoms with E-state index in [1.807, 2.05) is 6.92 Å². The van der Waals surface area contributed by atoms with Crippen LogP contribution in [0.2, 0.25) is 0 Å². The lowest BCUT2D eigenvalue weighted by Gasteiger charge is -2.15. The molecule has 8 heteroatoms. The fourth-order valence-electron chi connectivity index (χ4n) is 4.32. The zero-order valence-electron chi connectivity index (χ0n) is 18.9. The van der Waals surface area contributed by atoms with Crippen molar-refractivity contribution in [1.29, 1.82) is 0 Å². The number of hydrogen-bond donors (Lipinski definition) is 2. The maximum Gasteiger partial charge on any atom is 0.200 e. The molecule has 0 unspecified atom stereocenters. The predicted octanol–water partition coefficient (Wildman–Crippen LogP) is 4.84. The van der Waals surface area contributed by atoms with Crippen molar-refractivity contribution in [3.63, 3.8) is 0 Å². The topological polar surface area (TPSA) is 135 Å². The lowest BCUT2D eigenvalue weighted by atomic mass is 9.88. The summed E-state index contributed by atoms with van der Waals surface area (Å²) in [5, 5.41) is 19.9. The zero-order chi connectivity index (χ0) is 25.2. The van der Waals surface area contributed by atoms with Gasteiger partial charge in [-0.05, 0) is 50.6 Å². The lowest BCUT2D eigenvalue weighted by molar-refractivity contribution is 0.101. The molecule has 0 radical (unpaired) electrons. The third-order valence-electron chi connectivity index (χ3n) is 5.99. The van der Waals surface area contributed by atoms with Gasteiger partial charge in [0.2, 0.25) is 10.9 Å². The van der Waals surface area contributed by atoms with Crippen molar-refractivity contribution >= 4 is 44.5 Å². The van der Waals surface area contributed by atoms with Gasteiger partial charge in [0.15, 0.2) is 23.1 Å². The quantitative estimate of drug-likeness (QED) is 0.217. The minimum atomic E-state index is -0.617. The van der Waals surface area contributed by atoms with Crippen LogP contribution in [0.4, 0.5) is 0 Å². The van der Waals surface area contributed by atoms with Crippen molar-refractivity contribution < 1.29 is 28.6 Å². The first kappa shape index (κ1) is 22.1. The maximum absolute atomic E-state index is 13.5. The first-order valence-electron chi connectivity index (χ1n) is 10.6. The molecule has 174 valence electrons. The molecule has 0 saturated carbocycles. The van der Waals surface area contributed by atoms with Crippen molar-refractivity contribution in [3.05, 3.63) is 79.8 Å². The molecule has 0 fully saturated rings. The molecule has 2 aromatic heterocycles. The summed E-state index contributed by atoms with van der Waals surface area (Å²) in [4.78, 5) is 52.3. The Morgan fingerprint density at radius 2 is 1.51 bits per heavy atom. The molecule has 0 amide bonds. The number of fused-ring (bicyclic) bond motifs is 3. The Kier molecular flexibility index (Phi) is 4.84. The summed E-state index contributed by atoms with van der Waals surface area (Å²) in [6.45, 7) is 4.34. The molecule has 5 aromatic rings. The number of aromatic hydroxyl groups is 2. The Morgan fingerprint density at radius 3 is 2.20 bits per heavy atom.